The van der Waals surface area contributed by atoms with Crippen LogP contribution in [0.4, 0.5) is 0 Å². The van der Waals surface area contributed by atoms with Gasteiger partial charge in [-0.15, -0.1) is 11.3 Å². The van der Waals surface area contributed by atoms with E-state index < -0.39 is 0 Å². The number of hydrogen-bond donors (Lipinski definition) is 1. The Morgan fingerprint density at radius 3 is 2.91 bits per heavy atom. The molecule has 2 fully saturated rings. The molecule has 22 heavy (non-hydrogen) atoms. The molecule has 2 aliphatic rings. The maximum absolute atomic E-state index is 5.95. The minimum absolute atomic E-state index is 0.537. The molecule has 3 nitrogen and oxygen atoms in total. The summed E-state index contributed by atoms with van der Waals surface area (Å²) < 4.78 is 0. The van der Waals surface area contributed by atoms with Crippen molar-refractivity contribution in [1.82, 2.24) is 15.2 Å². The van der Waals surface area contributed by atoms with E-state index in [1.54, 1.807) is 11.3 Å². The van der Waals surface area contributed by atoms with Gasteiger partial charge in [0.1, 0.15) is 5.01 Å². The molecule has 1 aromatic carbocycles. The zero-order valence-electron chi connectivity index (χ0n) is 12.5. The number of nitrogens with one attached hydrogen (secondary N) is 1. The molecule has 3 heterocycles. The Balaban J connectivity index is 1.43. The molecule has 0 bridgehead atoms. The molecule has 1 spiro atoms. The molecule has 5 heteroatoms. The summed E-state index contributed by atoms with van der Waals surface area (Å²) in [5.41, 5.74) is 2.88. The van der Waals surface area contributed by atoms with Crippen LogP contribution >= 0.6 is 22.9 Å². The van der Waals surface area contributed by atoms with E-state index in [0.29, 0.717) is 5.41 Å². The van der Waals surface area contributed by atoms with Crippen molar-refractivity contribution in [2.75, 3.05) is 26.2 Å². The third-order valence-electron chi connectivity index (χ3n) is 4.88. The molecule has 1 atom stereocenters. The average Bonchev–Trinajstić information content (AvgIpc) is 3.24. The van der Waals surface area contributed by atoms with Crippen LogP contribution in [0.15, 0.2) is 29.6 Å². The lowest BCUT2D eigenvalue weighted by Crippen LogP contribution is -2.29. The molecule has 2 saturated heterocycles. The first-order valence-corrected chi connectivity index (χ1v) is 9.12. The van der Waals surface area contributed by atoms with Crippen molar-refractivity contribution in [3.8, 4) is 10.6 Å². The van der Waals surface area contributed by atoms with Gasteiger partial charge in [-0.05, 0) is 43.5 Å². The molecule has 0 radical (unpaired) electrons. The molecule has 0 amide bonds. The summed E-state index contributed by atoms with van der Waals surface area (Å²) in [6, 6.07) is 7.94. The van der Waals surface area contributed by atoms with Gasteiger partial charge in [0, 0.05) is 35.6 Å². The largest absolute Gasteiger partial charge is 0.316 e. The Labute approximate surface area is 140 Å². The Morgan fingerprint density at radius 1 is 1.27 bits per heavy atom. The van der Waals surface area contributed by atoms with Gasteiger partial charge in [-0.1, -0.05) is 23.7 Å². The minimum Gasteiger partial charge on any atom is -0.316 e. The maximum atomic E-state index is 5.95. The van der Waals surface area contributed by atoms with Crippen molar-refractivity contribution in [3.05, 3.63) is 40.4 Å². The first-order valence-electron chi connectivity index (χ1n) is 7.86. The van der Waals surface area contributed by atoms with E-state index in [0.717, 1.165) is 22.1 Å². The maximum Gasteiger partial charge on any atom is 0.123 e. The third kappa shape index (κ3) is 2.93. The highest BCUT2D eigenvalue weighted by Gasteiger charge is 2.40. The second kappa shape index (κ2) is 5.93. The lowest BCUT2D eigenvalue weighted by molar-refractivity contribution is 0.267. The predicted molar refractivity (Wildman–Crippen MR) is 92.4 cm³/mol. The summed E-state index contributed by atoms with van der Waals surface area (Å²) in [6.07, 6.45) is 2.66. The molecular formula is C17H20ClN3S. The van der Waals surface area contributed by atoms with Gasteiger partial charge >= 0.3 is 0 Å². The zero-order valence-corrected chi connectivity index (χ0v) is 14.1. The van der Waals surface area contributed by atoms with Crippen LogP contribution in [0, 0.1) is 5.41 Å². The summed E-state index contributed by atoms with van der Waals surface area (Å²) in [7, 11) is 0. The van der Waals surface area contributed by atoms with Crippen LogP contribution in [0.1, 0.15) is 18.5 Å². The highest BCUT2D eigenvalue weighted by Crippen LogP contribution is 2.36. The standard InChI is InChI=1S/C17H20ClN3S/c18-14-3-1-13(2-4-14)16-20-15(10-22-16)9-21-8-6-17(12-21)5-7-19-11-17/h1-4,10,19H,5-9,11-12H2. The molecule has 1 aromatic heterocycles. The van der Waals surface area contributed by atoms with Crippen molar-refractivity contribution in [2.24, 2.45) is 5.41 Å². The van der Waals surface area contributed by atoms with Crippen LogP contribution in [0.2, 0.25) is 5.02 Å². The van der Waals surface area contributed by atoms with Gasteiger partial charge < -0.3 is 5.32 Å². The van der Waals surface area contributed by atoms with E-state index in [4.69, 9.17) is 16.6 Å². The molecule has 1 N–H and O–H groups in total. The monoisotopic (exact) mass is 333 g/mol. The predicted octanol–water partition coefficient (Wildman–Crippen LogP) is 3.65. The number of rotatable bonds is 3. The summed E-state index contributed by atoms with van der Waals surface area (Å²) in [4.78, 5) is 7.37. The number of nitrogens with zero attached hydrogens (tertiary/aromatic N) is 2. The van der Waals surface area contributed by atoms with Crippen molar-refractivity contribution in [1.29, 1.82) is 0 Å². The minimum atomic E-state index is 0.537. The van der Waals surface area contributed by atoms with E-state index in [1.165, 1.54) is 44.7 Å². The summed E-state index contributed by atoms with van der Waals surface area (Å²) in [6.45, 7) is 5.77. The smallest absolute Gasteiger partial charge is 0.123 e. The van der Waals surface area contributed by atoms with Crippen LogP contribution in [-0.2, 0) is 6.54 Å². The Hall–Kier alpha value is -0.940. The number of thiazole rings is 1. The molecule has 2 aliphatic heterocycles. The quantitative estimate of drug-likeness (QED) is 0.929. The van der Waals surface area contributed by atoms with Crippen LogP contribution < -0.4 is 5.32 Å². The van der Waals surface area contributed by atoms with Crippen LogP contribution in [0.5, 0.6) is 0 Å². The van der Waals surface area contributed by atoms with E-state index in [-0.39, 0.29) is 0 Å². The Bertz CT molecular complexity index is 646. The van der Waals surface area contributed by atoms with Crippen LogP contribution in [-0.4, -0.2) is 36.1 Å². The first kappa shape index (κ1) is 14.6. The van der Waals surface area contributed by atoms with Crippen molar-refractivity contribution in [3.63, 3.8) is 0 Å². The Morgan fingerprint density at radius 2 is 2.14 bits per heavy atom. The van der Waals surface area contributed by atoms with E-state index >= 15 is 0 Å². The average molecular weight is 334 g/mol. The van der Waals surface area contributed by atoms with Gasteiger partial charge in [-0.25, -0.2) is 4.98 Å². The van der Waals surface area contributed by atoms with Gasteiger partial charge in [0.15, 0.2) is 0 Å². The lowest BCUT2D eigenvalue weighted by Gasteiger charge is -2.22. The SMILES string of the molecule is Clc1ccc(-c2nc(CN3CCC4(CCNC4)C3)cs2)cc1. The second-order valence-corrected chi connectivity index (χ2v) is 7.83. The van der Waals surface area contributed by atoms with Crippen molar-refractivity contribution in [2.45, 2.75) is 19.4 Å². The molecular weight excluding hydrogens is 314 g/mol. The summed E-state index contributed by atoms with van der Waals surface area (Å²) in [5, 5.41) is 7.57. The second-order valence-electron chi connectivity index (χ2n) is 6.54. The molecule has 116 valence electrons. The highest BCUT2D eigenvalue weighted by molar-refractivity contribution is 7.13. The van der Waals surface area contributed by atoms with Gasteiger partial charge in [-0.2, -0.15) is 0 Å². The number of halogens is 1. The highest BCUT2D eigenvalue weighted by atomic mass is 35.5. The van der Waals surface area contributed by atoms with E-state index in [2.05, 4.69) is 15.6 Å². The summed E-state index contributed by atoms with van der Waals surface area (Å²) >= 11 is 7.67. The molecule has 1 unspecified atom stereocenters. The lowest BCUT2D eigenvalue weighted by atomic mass is 9.87. The van der Waals surface area contributed by atoms with E-state index in [1.807, 2.05) is 24.3 Å². The fourth-order valence-electron chi connectivity index (χ4n) is 3.64. The third-order valence-corrected chi connectivity index (χ3v) is 6.07. The summed E-state index contributed by atoms with van der Waals surface area (Å²) in [5.74, 6) is 0. The molecule has 4 rings (SSSR count). The molecule has 0 saturated carbocycles. The number of benzene rings is 1. The fraction of sp³-hybridized carbons (Fsp3) is 0.471. The van der Waals surface area contributed by atoms with Crippen molar-refractivity contribution < 1.29 is 0 Å². The topological polar surface area (TPSA) is 28.2 Å². The van der Waals surface area contributed by atoms with Crippen LogP contribution in [0.25, 0.3) is 10.6 Å². The van der Waals surface area contributed by atoms with E-state index in [9.17, 15) is 0 Å². The van der Waals surface area contributed by atoms with Gasteiger partial charge in [-0.3, -0.25) is 4.90 Å². The zero-order chi connectivity index (χ0) is 15.0. The van der Waals surface area contributed by atoms with Crippen molar-refractivity contribution >= 4 is 22.9 Å². The normalized spacial score (nSPS) is 25.3. The molecule has 2 aromatic rings. The Kier molecular flexibility index (Phi) is 3.95. The fourth-order valence-corrected chi connectivity index (χ4v) is 4.58. The number of aromatic nitrogens is 1. The molecule has 0 aliphatic carbocycles. The first-order chi connectivity index (χ1) is 10.7. The number of likely N-dealkylation sites (tertiary alicyclic amines) is 1. The van der Waals surface area contributed by atoms with Crippen LogP contribution in [0.3, 0.4) is 0 Å². The van der Waals surface area contributed by atoms with Gasteiger partial charge in [0.2, 0.25) is 0 Å². The number of hydrogen-bond acceptors (Lipinski definition) is 4. The van der Waals surface area contributed by atoms with Gasteiger partial charge in [0.25, 0.3) is 0 Å². The van der Waals surface area contributed by atoms with Gasteiger partial charge in [0.05, 0.1) is 5.69 Å².